The van der Waals surface area contributed by atoms with E-state index in [0.29, 0.717) is 6.42 Å². The minimum atomic E-state index is -0.658. The summed E-state index contributed by atoms with van der Waals surface area (Å²) in [4.78, 5) is 20.0. The number of hydrogen-bond donors (Lipinski definition) is 2. The van der Waals surface area contributed by atoms with Crippen LogP contribution in [-0.2, 0) is 9.63 Å². The molecule has 1 aliphatic rings. The van der Waals surface area contributed by atoms with Crippen LogP contribution in [0, 0.1) is 0 Å². The third-order valence-corrected chi connectivity index (χ3v) is 3.17. The molecule has 6 nitrogen and oxygen atoms in total. The lowest BCUT2D eigenvalue weighted by Crippen LogP contribution is -2.28. The summed E-state index contributed by atoms with van der Waals surface area (Å²) in [5, 5.41) is 7.17. The van der Waals surface area contributed by atoms with E-state index in [4.69, 9.17) is 10.6 Å². The van der Waals surface area contributed by atoms with Gasteiger partial charge < -0.3 is 15.9 Å². The van der Waals surface area contributed by atoms with Gasteiger partial charge in [0, 0.05) is 30.2 Å². The zero-order chi connectivity index (χ0) is 14.7. The predicted molar refractivity (Wildman–Crippen MR) is 79.2 cm³/mol. The van der Waals surface area contributed by atoms with Crippen molar-refractivity contribution in [2.24, 2.45) is 10.9 Å². The maximum Gasteiger partial charge on any atom is 0.261 e. The lowest BCUT2D eigenvalue weighted by molar-refractivity contribution is -0.127. The van der Waals surface area contributed by atoms with Gasteiger partial charge in [-0.25, -0.2) is 0 Å². The number of carbonyl (C=O) groups is 1. The van der Waals surface area contributed by atoms with Crippen LogP contribution in [0.25, 0.3) is 0 Å². The van der Waals surface area contributed by atoms with Crippen LogP contribution in [0.2, 0.25) is 0 Å². The fraction of sp³-hybridized carbons (Fsp3) is 0.133. The quantitative estimate of drug-likeness (QED) is 0.894. The Labute approximate surface area is 121 Å². The van der Waals surface area contributed by atoms with Gasteiger partial charge >= 0.3 is 0 Å². The molecular weight excluding hydrogens is 268 g/mol. The lowest BCUT2D eigenvalue weighted by atomic mass is 10.0. The maximum atomic E-state index is 11.0. The highest BCUT2D eigenvalue weighted by molar-refractivity contribution is 6.04. The molecule has 6 heteroatoms. The van der Waals surface area contributed by atoms with Gasteiger partial charge in [-0.05, 0) is 29.8 Å². The predicted octanol–water partition coefficient (Wildman–Crippen LogP) is 1.80. The molecule has 2 aromatic rings. The van der Waals surface area contributed by atoms with Crippen molar-refractivity contribution in [2.75, 3.05) is 5.32 Å². The summed E-state index contributed by atoms with van der Waals surface area (Å²) in [6.45, 7) is 0. The molecule has 0 saturated heterocycles. The number of primary amides is 1. The first-order valence-electron chi connectivity index (χ1n) is 6.52. The molecule has 0 fully saturated rings. The molecule has 3 rings (SSSR count). The summed E-state index contributed by atoms with van der Waals surface area (Å²) < 4.78 is 0. The van der Waals surface area contributed by atoms with Crippen LogP contribution in [0.4, 0.5) is 11.4 Å². The number of oxime groups is 1. The van der Waals surface area contributed by atoms with Crippen LogP contribution in [0.3, 0.4) is 0 Å². The first-order valence-corrected chi connectivity index (χ1v) is 6.52. The van der Waals surface area contributed by atoms with Crippen LogP contribution in [0.1, 0.15) is 12.0 Å². The Morgan fingerprint density at radius 3 is 2.43 bits per heavy atom. The molecule has 1 aromatic carbocycles. The Hall–Kier alpha value is -2.89. The third kappa shape index (κ3) is 3.00. The highest BCUT2D eigenvalue weighted by Crippen LogP contribution is 2.20. The van der Waals surface area contributed by atoms with Gasteiger partial charge in [-0.1, -0.05) is 17.3 Å². The largest absolute Gasteiger partial charge is 0.382 e. The molecule has 1 amide bonds. The third-order valence-electron chi connectivity index (χ3n) is 3.17. The van der Waals surface area contributed by atoms with E-state index in [2.05, 4.69) is 15.5 Å². The van der Waals surface area contributed by atoms with E-state index < -0.39 is 12.0 Å². The zero-order valence-electron chi connectivity index (χ0n) is 11.2. The van der Waals surface area contributed by atoms with Crippen LogP contribution in [0.15, 0.2) is 53.9 Å². The first kappa shape index (κ1) is 13.1. The van der Waals surface area contributed by atoms with Crippen LogP contribution in [-0.4, -0.2) is 22.7 Å². The van der Waals surface area contributed by atoms with Crippen molar-refractivity contribution in [1.29, 1.82) is 0 Å². The number of nitrogens with zero attached hydrogens (tertiary/aromatic N) is 2. The van der Waals surface area contributed by atoms with Gasteiger partial charge in [0.25, 0.3) is 5.91 Å². The molecule has 0 bridgehead atoms. The number of aromatic nitrogens is 1. The van der Waals surface area contributed by atoms with Gasteiger partial charge in [-0.15, -0.1) is 0 Å². The number of nitrogens with one attached hydrogen (secondary N) is 1. The molecule has 0 saturated carbocycles. The van der Waals surface area contributed by atoms with Crippen LogP contribution >= 0.6 is 0 Å². The van der Waals surface area contributed by atoms with E-state index >= 15 is 0 Å². The Bertz CT molecular complexity index is 668. The molecule has 2 heterocycles. The fourth-order valence-electron chi connectivity index (χ4n) is 2.05. The molecule has 1 atom stereocenters. The first-order chi connectivity index (χ1) is 10.2. The summed E-state index contributed by atoms with van der Waals surface area (Å²) in [6.07, 6.45) is 3.21. The fourth-order valence-corrected chi connectivity index (χ4v) is 2.05. The molecular formula is C15H14N4O2. The molecule has 0 spiro atoms. The molecule has 1 aliphatic heterocycles. The summed E-state index contributed by atoms with van der Waals surface area (Å²) in [5.41, 5.74) is 8.76. The van der Waals surface area contributed by atoms with E-state index in [0.717, 1.165) is 22.6 Å². The van der Waals surface area contributed by atoms with E-state index in [-0.39, 0.29) is 0 Å². The summed E-state index contributed by atoms with van der Waals surface area (Å²) in [6, 6.07) is 11.5. The molecule has 0 radical (unpaired) electrons. The van der Waals surface area contributed by atoms with Gasteiger partial charge in [0.1, 0.15) is 0 Å². The molecule has 106 valence electrons. The monoisotopic (exact) mass is 282 g/mol. The highest BCUT2D eigenvalue weighted by Gasteiger charge is 2.26. The molecule has 3 N–H and O–H groups in total. The summed E-state index contributed by atoms with van der Waals surface area (Å²) in [5.74, 6) is -0.496. The van der Waals surface area contributed by atoms with Gasteiger partial charge in [-0.3, -0.25) is 9.78 Å². The average molecular weight is 282 g/mol. The molecule has 1 aromatic heterocycles. The van der Waals surface area contributed by atoms with Gasteiger partial charge in [0.2, 0.25) is 6.10 Å². The Balaban J connectivity index is 1.69. The van der Waals surface area contributed by atoms with Crippen LogP contribution < -0.4 is 11.1 Å². The zero-order valence-corrected chi connectivity index (χ0v) is 11.2. The van der Waals surface area contributed by atoms with E-state index in [1.807, 2.05) is 36.4 Å². The topological polar surface area (TPSA) is 89.6 Å². The average Bonchev–Trinajstić information content (AvgIpc) is 2.99. The van der Waals surface area contributed by atoms with Gasteiger partial charge in [-0.2, -0.15) is 0 Å². The normalized spacial score (nSPS) is 17.0. The van der Waals surface area contributed by atoms with Crippen LogP contribution in [0.5, 0.6) is 0 Å². The summed E-state index contributed by atoms with van der Waals surface area (Å²) >= 11 is 0. The number of rotatable bonds is 4. The van der Waals surface area contributed by atoms with Crippen molar-refractivity contribution in [2.45, 2.75) is 12.5 Å². The summed E-state index contributed by atoms with van der Waals surface area (Å²) in [7, 11) is 0. The standard InChI is InChI=1S/C15H14N4O2/c16-15(20)14-9-13(19-21-14)10-1-3-11(4-2-10)18-12-5-7-17-8-6-12/h1-8,14H,9H2,(H2,16,20)(H,17,18). The maximum absolute atomic E-state index is 11.0. The Kier molecular flexibility index (Phi) is 3.51. The van der Waals surface area contributed by atoms with Crippen molar-refractivity contribution in [3.05, 3.63) is 54.4 Å². The SMILES string of the molecule is NC(=O)C1CC(c2ccc(Nc3ccncc3)cc2)=NO1. The number of nitrogens with two attached hydrogens (primary N) is 1. The van der Waals surface area contributed by atoms with Crippen molar-refractivity contribution in [1.82, 2.24) is 4.98 Å². The van der Waals surface area contributed by atoms with E-state index in [1.165, 1.54) is 0 Å². The molecule has 1 unspecified atom stereocenters. The van der Waals surface area contributed by atoms with Crippen molar-refractivity contribution in [3.63, 3.8) is 0 Å². The van der Waals surface area contributed by atoms with Gasteiger partial charge in [0.05, 0.1) is 5.71 Å². The molecule has 0 aliphatic carbocycles. The second-order valence-electron chi connectivity index (χ2n) is 4.68. The Morgan fingerprint density at radius 2 is 1.81 bits per heavy atom. The Morgan fingerprint density at radius 1 is 1.14 bits per heavy atom. The van der Waals surface area contributed by atoms with E-state index in [9.17, 15) is 4.79 Å². The highest BCUT2D eigenvalue weighted by atomic mass is 16.6. The number of pyridine rings is 1. The molecule has 21 heavy (non-hydrogen) atoms. The number of benzene rings is 1. The second kappa shape index (κ2) is 5.62. The van der Waals surface area contributed by atoms with Crippen molar-refractivity contribution >= 4 is 23.0 Å². The minimum absolute atomic E-state index is 0.409. The van der Waals surface area contributed by atoms with Crippen molar-refractivity contribution in [3.8, 4) is 0 Å². The number of anilines is 2. The lowest BCUT2D eigenvalue weighted by Gasteiger charge is -2.07. The smallest absolute Gasteiger partial charge is 0.261 e. The minimum Gasteiger partial charge on any atom is -0.382 e. The number of carbonyl (C=O) groups excluding carboxylic acids is 1. The van der Waals surface area contributed by atoms with Crippen molar-refractivity contribution < 1.29 is 9.63 Å². The van der Waals surface area contributed by atoms with E-state index in [1.54, 1.807) is 12.4 Å². The number of amides is 1. The number of hydrogen-bond acceptors (Lipinski definition) is 5. The second-order valence-corrected chi connectivity index (χ2v) is 4.68. The van der Waals surface area contributed by atoms with Gasteiger partial charge in [0.15, 0.2) is 0 Å².